The Morgan fingerprint density at radius 3 is 2.48 bits per heavy atom. The molecule has 1 saturated heterocycles. The lowest BCUT2D eigenvalue weighted by atomic mass is 10.2. The van der Waals surface area contributed by atoms with Gasteiger partial charge in [-0.05, 0) is 24.7 Å². The van der Waals surface area contributed by atoms with Gasteiger partial charge in [-0.3, -0.25) is 0 Å². The van der Waals surface area contributed by atoms with Gasteiger partial charge in [0.2, 0.25) is 5.75 Å². The number of benzene rings is 1. The number of likely N-dealkylation sites (N-methyl/N-ethyl adjacent to an activating group) is 1. The molecule has 1 aliphatic heterocycles. The summed E-state index contributed by atoms with van der Waals surface area (Å²) in [6, 6.07) is 3.73. The third-order valence-corrected chi connectivity index (χ3v) is 3.51. The van der Waals surface area contributed by atoms with Crippen LogP contribution in [-0.2, 0) is 11.3 Å². The molecule has 2 N–H and O–H groups in total. The molecule has 1 aromatic rings. The SMILES string of the molecule is COc1cc(CN)cc(OC)c1OCC1CN(C)CCO1. The highest BCUT2D eigenvalue weighted by atomic mass is 16.6. The lowest BCUT2D eigenvalue weighted by Gasteiger charge is -2.30. The molecular formula is C15H24N2O4. The molecule has 118 valence electrons. The summed E-state index contributed by atoms with van der Waals surface area (Å²) in [5.74, 6) is 1.84. The molecule has 0 saturated carbocycles. The highest BCUT2D eigenvalue weighted by Gasteiger charge is 2.21. The summed E-state index contributed by atoms with van der Waals surface area (Å²) in [5.41, 5.74) is 6.61. The Bertz CT molecular complexity index is 442. The number of rotatable bonds is 6. The van der Waals surface area contributed by atoms with Gasteiger partial charge in [-0.2, -0.15) is 0 Å². The van der Waals surface area contributed by atoms with Crippen LogP contribution in [-0.4, -0.2) is 58.6 Å². The molecule has 1 aliphatic rings. The van der Waals surface area contributed by atoms with Crippen LogP contribution in [0.1, 0.15) is 5.56 Å². The van der Waals surface area contributed by atoms with E-state index < -0.39 is 0 Å². The maximum atomic E-state index is 5.89. The van der Waals surface area contributed by atoms with Gasteiger partial charge in [-0.1, -0.05) is 0 Å². The average molecular weight is 296 g/mol. The largest absolute Gasteiger partial charge is 0.493 e. The summed E-state index contributed by atoms with van der Waals surface area (Å²) in [4.78, 5) is 2.23. The Balaban J connectivity index is 2.10. The van der Waals surface area contributed by atoms with E-state index in [1.54, 1.807) is 14.2 Å². The fraction of sp³-hybridized carbons (Fsp3) is 0.600. The highest BCUT2D eigenvalue weighted by Crippen LogP contribution is 2.38. The number of hydrogen-bond donors (Lipinski definition) is 1. The molecule has 0 aromatic heterocycles. The molecule has 1 aromatic carbocycles. The quantitative estimate of drug-likeness (QED) is 0.840. The number of methoxy groups -OCH3 is 2. The first-order chi connectivity index (χ1) is 10.2. The van der Waals surface area contributed by atoms with Crippen LogP contribution < -0.4 is 19.9 Å². The molecule has 1 unspecified atom stereocenters. The van der Waals surface area contributed by atoms with E-state index in [1.807, 2.05) is 12.1 Å². The van der Waals surface area contributed by atoms with Crippen molar-refractivity contribution in [3.8, 4) is 17.2 Å². The van der Waals surface area contributed by atoms with Crippen molar-refractivity contribution in [2.24, 2.45) is 5.73 Å². The molecule has 1 heterocycles. The first kappa shape index (κ1) is 15.9. The third kappa shape index (κ3) is 4.00. The fourth-order valence-electron chi connectivity index (χ4n) is 2.34. The lowest BCUT2D eigenvalue weighted by Crippen LogP contribution is -2.42. The molecule has 0 spiro atoms. The highest BCUT2D eigenvalue weighted by molar-refractivity contribution is 5.53. The lowest BCUT2D eigenvalue weighted by molar-refractivity contribution is -0.0409. The minimum Gasteiger partial charge on any atom is -0.493 e. The minimum atomic E-state index is 0.0485. The van der Waals surface area contributed by atoms with Crippen LogP contribution in [0.5, 0.6) is 17.2 Å². The average Bonchev–Trinajstić information content (AvgIpc) is 2.52. The summed E-state index contributed by atoms with van der Waals surface area (Å²) in [5, 5.41) is 0. The first-order valence-electron chi connectivity index (χ1n) is 7.05. The molecule has 0 bridgehead atoms. The van der Waals surface area contributed by atoms with Crippen LogP contribution >= 0.6 is 0 Å². The molecule has 6 heteroatoms. The van der Waals surface area contributed by atoms with Gasteiger partial charge in [0.15, 0.2) is 11.5 Å². The van der Waals surface area contributed by atoms with Crippen molar-refractivity contribution in [2.45, 2.75) is 12.6 Å². The summed E-state index contributed by atoms with van der Waals surface area (Å²) >= 11 is 0. The molecule has 0 radical (unpaired) electrons. The molecule has 21 heavy (non-hydrogen) atoms. The van der Waals surface area contributed by atoms with Crippen molar-refractivity contribution >= 4 is 0 Å². The van der Waals surface area contributed by atoms with Gasteiger partial charge in [-0.25, -0.2) is 0 Å². The van der Waals surface area contributed by atoms with Gasteiger partial charge in [0.1, 0.15) is 12.7 Å². The zero-order valence-corrected chi connectivity index (χ0v) is 12.9. The maximum Gasteiger partial charge on any atom is 0.203 e. The van der Waals surface area contributed by atoms with E-state index in [0.717, 1.165) is 25.3 Å². The van der Waals surface area contributed by atoms with Gasteiger partial charge in [-0.15, -0.1) is 0 Å². The van der Waals surface area contributed by atoms with Crippen molar-refractivity contribution in [3.05, 3.63) is 17.7 Å². The monoisotopic (exact) mass is 296 g/mol. The van der Waals surface area contributed by atoms with E-state index in [4.69, 9.17) is 24.7 Å². The summed E-state index contributed by atoms with van der Waals surface area (Å²) < 4.78 is 22.3. The Labute approximate surface area is 125 Å². The number of ether oxygens (including phenoxy) is 4. The molecular weight excluding hydrogens is 272 g/mol. The van der Waals surface area contributed by atoms with Gasteiger partial charge in [0, 0.05) is 19.6 Å². The Morgan fingerprint density at radius 1 is 1.29 bits per heavy atom. The van der Waals surface area contributed by atoms with E-state index >= 15 is 0 Å². The topological polar surface area (TPSA) is 66.2 Å². The third-order valence-electron chi connectivity index (χ3n) is 3.51. The van der Waals surface area contributed by atoms with Crippen molar-refractivity contribution in [3.63, 3.8) is 0 Å². The summed E-state index contributed by atoms with van der Waals surface area (Å²) in [6.07, 6.45) is 0.0485. The smallest absolute Gasteiger partial charge is 0.203 e. The van der Waals surface area contributed by atoms with Gasteiger partial charge < -0.3 is 29.6 Å². The number of nitrogens with two attached hydrogens (primary N) is 1. The van der Waals surface area contributed by atoms with E-state index in [-0.39, 0.29) is 6.10 Å². The second kappa shape index (κ2) is 7.49. The predicted octanol–water partition coefficient (Wildman–Crippen LogP) is 0.872. The van der Waals surface area contributed by atoms with E-state index in [2.05, 4.69) is 11.9 Å². The molecule has 2 rings (SSSR count). The first-order valence-corrected chi connectivity index (χ1v) is 7.05. The maximum absolute atomic E-state index is 5.89. The van der Waals surface area contributed by atoms with Crippen LogP contribution in [0.15, 0.2) is 12.1 Å². The van der Waals surface area contributed by atoms with Crippen LogP contribution in [0.25, 0.3) is 0 Å². The van der Waals surface area contributed by atoms with Crippen LogP contribution in [0.4, 0.5) is 0 Å². The van der Waals surface area contributed by atoms with Crippen molar-refractivity contribution in [1.29, 1.82) is 0 Å². The van der Waals surface area contributed by atoms with Crippen LogP contribution in [0.3, 0.4) is 0 Å². The Morgan fingerprint density at radius 2 is 1.95 bits per heavy atom. The van der Waals surface area contributed by atoms with E-state index in [9.17, 15) is 0 Å². The second-order valence-electron chi connectivity index (χ2n) is 5.10. The van der Waals surface area contributed by atoms with Gasteiger partial charge in [0.25, 0.3) is 0 Å². The zero-order chi connectivity index (χ0) is 15.2. The van der Waals surface area contributed by atoms with Crippen molar-refractivity contribution < 1.29 is 18.9 Å². The van der Waals surface area contributed by atoms with Crippen LogP contribution in [0, 0.1) is 0 Å². The standard InChI is InChI=1S/C15H24N2O4/c1-17-4-5-20-12(9-17)10-21-15-13(18-2)6-11(8-16)7-14(15)19-3/h6-7,12H,4-5,8-10,16H2,1-3H3. The molecule has 0 aliphatic carbocycles. The Kier molecular flexibility index (Phi) is 5.67. The van der Waals surface area contributed by atoms with Crippen molar-refractivity contribution in [1.82, 2.24) is 4.90 Å². The number of hydrogen-bond acceptors (Lipinski definition) is 6. The van der Waals surface area contributed by atoms with Crippen LogP contribution in [0.2, 0.25) is 0 Å². The second-order valence-corrected chi connectivity index (χ2v) is 5.10. The van der Waals surface area contributed by atoms with E-state index in [1.165, 1.54) is 0 Å². The number of morpholine rings is 1. The zero-order valence-electron chi connectivity index (χ0n) is 12.9. The normalized spacial score (nSPS) is 19.3. The predicted molar refractivity (Wildman–Crippen MR) is 80.2 cm³/mol. The molecule has 6 nitrogen and oxygen atoms in total. The summed E-state index contributed by atoms with van der Waals surface area (Å²) in [7, 11) is 5.28. The van der Waals surface area contributed by atoms with Gasteiger partial charge in [0.05, 0.1) is 20.8 Å². The fourth-order valence-corrected chi connectivity index (χ4v) is 2.34. The molecule has 1 atom stereocenters. The van der Waals surface area contributed by atoms with E-state index in [0.29, 0.717) is 30.4 Å². The minimum absolute atomic E-state index is 0.0485. The molecule has 1 fully saturated rings. The number of nitrogens with zero attached hydrogens (tertiary/aromatic N) is 1. The van der Waals surface area contributed by atoms with Crippen molar-refractivity contribution in [2.75, 3.05) is 47.6 Å². The Hall–Kier alpha value is -1.50. The summed E-state index contributed by atoms with van der Waals surface area (Å²) in [6.45, 7) is 3.41. The molecule has 0 amide bonds. The van der Waals surface area contributed by atoms with Gasteiger partial charge >= 0.3 is 0 Å².